The quantitative estimate of drug-likeness (QED) is 0.331. The molecule has 0 aliphatic heterocycles. The van der Waals surface area contributed by atoms with Crippen LogP contribution < -0.4 is 10.3 Å². The number of aromatic nitrogens is 4. The van der Waals surface area contributed by atoms with Crippen LogP contribution in [0.4, 0.5) is 0 Å². The number of hydrogen-bond donors (Lipinski definition) is 0. The van der Waals surface area contributed by atoms with Crippen molar-refractivity contribution in [3.05, 3.63) is 58.4 Å². The minimum Gasteiger partial charge on any atom is -0.495 e. The summed E-state index contributed by atoms with van der Waals surface area (Å²) in [7, 11) is 1.59. The van der Waals surface area contributed by atoms with Crippen molar-refractivity contribution in [3.8, 4) is 11.4 Å². The largest absolute Gasteiger partial charge is 0.495 e. The number of fused-ring (bicyclic) bond motifs is 3. The monoisotopic (exact) mass is 424 g/mol. The Morgan fingerprint density at radius 2 is 1.93 bits per heavy atom. The maximum atomic E-state index is 13.5. The van der Waals surface area contributed by atoms with E-state index in [1.54, 1.807) is 23.4 Å². The zero-order valence-electron chi connectivity index (χ0n) is 17.5. The molecule has 0 aliphatic rings. The van der Waals surface area contributed by atoms with E-state index in [-0.39, 0.29) is 11.7 Å². The smallest absolute Gasteiger partial charge is 0.267 e. The van der Waals surface area contributed by atoms with Crippen LogP contribution in [0.5, 0.6) is 5.75 Å². The Balaban J connectivity index is 1.94. The lowest BCUT2D eigenvalue weighted by Gasteiger charge is -2.14. The molecule has 7 nitrogen and oxygen atoms in total. The number of nitrogens with zero attached hydrogens (tertiary/aromatic N) is 4. The van der Waals surface area contributed by atoms with E-state index in [0.29, 0.717) is 34.4 Å². The van der Waals surface area contributed by atoms with Crippen LogP contribution in [0.1, 0.15) is 19.4 Å². The van der Waals surface area contributed by atoms with Crippen LogP contribution in [0.15, 0.2) is 52.4 Å². The first kappa shape index (κ1) is 20.4. The second-order valence-corrected chi connectivity index (χ2v) is 8.28. The molecular weight excluding hydrogens is 400 g/mol. The van der Waals surface area contributed by atoms with Crippen molar-refractivity contribution >= 4 is 28.4 Å². The molecule has 8 heteroatoms. The summed E-state index contributed by atoms with van der Waals surface area (Å²) in [4.78, 5) is 13.5. The first-order valence-corrected chi connectivity index (χ1v) is 10.8. The minimum atomic E-state index is -0.158. The minimum absolute atomic E-state index is 0.158. The molecule has 4 aromatic rings. The molecular formula is C22H24N4O3S. The normalized spacial score (nSPS) is 11.6. The van der Waals surface area contributed by atoms with Crippen molar-refractivity contribution in [2.75, 3.05) is 19.5 Å². The molecule has 0 saturated carbocycles. The van der Waals surface area contributed by atoms with Gasteiger partial charge in [0, 0.05) is 5.75 Å². The van der Waals surface area contributed by atoms with Gasteiger partial charge in [-0.15, -0.1) is 10.2 Å². The van der Waals surface area contributed by atoms with Crippen molar-refractivity contribution in [2.24, 2.45) is 0 Å². The highest BCUT2D eigenvalue weighted by Gasteiger charge is 2.20. The lowest BCUT2D eigenvalue weighted by Crippen LogP contribution is -2.22. The third kappa shape index (κ3) is 3.68. The lowest BCUT2D eigenvalue weighted by atomic mass is 10.2. The molecule has 0 spiro atoms. The van der Waals surface area contributed by atoms with E-state index in [1.165, 1.54) is 0 Å². The predicted molar refractivity (Wildman–Crippen MR) is 119 cm³/mol. The van der Waals surface area contributed by atoms with Crippen molar-refractivity contribution in [1.29, 1.82) is 0 Å². The first-order valence-electron chi connectivity index (χ1n) is 9.79. The van der Waals surface area contributed by atoms with Gasteiger partial charge in [0.2, 0.25) is 5.78 Å². The van der Waals surface area contributed by atoms with Crippen molar-refractivity contribution in [3.63, 3.8) is 0 Å². The molecule has 0 aliphatic carbocycles. The van der Waals surface area contributed by atoms with E-state index in [9.17, 15) is 4.79 Å². The average molecular weight is 425 g/mol. The standard InChI is InChI=1S/C22H24N4O3S/c1-14(2)29-11-12-30-22-24-23-21-25(18-13-15(3)9-10-19(18)28-4)20(27)16-7-5-6-8-17(16)26(21)22/h5-10,13-14H,11-12H2,1-4H3. The molecule has 0 amide bonds. The Kier molecular flexibility index (Phi) is 5.78. The number of hydrogen-bond acceptors (Lipinski definition) is 6. The van der Waals surface area contributed by atoms with Gasteiger partial charge in [0.05, 0.1) is 36.4 Å². The van der Waals surface area contributed by atoms with Gasteiger partial charge < -0.3 is 9.47 Å². The third-order valence-corrected chi connectivity index (χ3v) is 5.63. The van der Waals surface area contributed by atoms with E-state index in [4.69, 9.17) is 9.47 Å². The molecule has 2 aromatic heterocycles. The number of methoxy groups -OCH3 is 1. The fourth-order valence-electron chi connectivity index (χ4n) is 3.38. The summed E-state index contributed by atoms with van der Waals surface area (Å²) in [6.07, 6.45) is 0.181. The van der Waals surface area contributed by atoms with Crippen molar-refractivity contribution in [2.45, 2.75) is 32.0 Å². The summed E-state index contributed by atoms with van der Waals surface area (Å²) in [5.74, 6) is 1.79. The Hall–Kier alpha value is -2.84. The van der Waals surface area contributed by atoms with Crippen LogP contribution in [-0.4, -0.2) is 44.7 Å². The maximum Gasteiger partial charge on any atom is 0.267 e. The zero-order chi connectivity index (χ0) is 21.3. The van der Waals surface area contributed by atoms with Crippen LogP contribution in [0.2, 0.25) is 0 Å². The number of ether oxygens (including phenoxy) is 2. The van der Waals surface area contributed by atoms with E-state index in [0.717, 1.165) is 16.8 Å². The third-order valence-electron chi connectivity index (χ3n) is 4.74. The number of para-hydroxylation sites is 1. The molecule has 0 unspecified atom stereocenters. The second kappa shape index (κ2) is 8.49. The van der Waals surface area contributed by atoms with E-state index < -0.39 is 0 Å². The van der Waals surface area contributed by atoms with Crippen molar-refractivity contribution < 1.29 is 9.47 Å². The highest BCUT2D eigenvalue weighted by Crippen LogP contribution is 2.27. The van der Waals surface area contributed by atoms with Crippen LogP contribution in [0.3, 0.4) is 0 Å². The summed E-state index contributed by atoms with van der Waals surface area (Å²) in [6.45, 7) is 6.61. The molecule has 0 N–H and O–H groups in total. The van der Waals surface area contributed by atoms with Gasteiger partial charge >= 0.3 is 0 Å². The molecule has 0 atom stereocenters. The van der Waals surface area contributed by atoms with Crippen molar-refractivity contribution in [1.82, 2.24) is 19.2 Å². The Morgan fingerprint density at radius 3 is 2.70 bits per heavy atom. The average Bonchev–Trinajstić information content (AvgIpc) is 3.15. The number of aryl methyl sites for hydroxylation is 1. The fraction of sp³-hybridized carbons (Fsp3) is 0.318. The summed E-state index contributed by atoms with van der Waals surface area (Å²) in [5.41, 5.74) is 2.28. The van der Waals surface area contributed by atoms with E-state index >= 15 is 0 Å². The second-order valence-electron chi connectivity index (χ2n) is 7.22. The Labute approximate surface area is 178 Å². The Morgan fingerprint density at radius 1 is 1.13 bits per heavy atom. The molecule has 4 rings (SSSR count). The summed E-state index contributed by atoms with van der Waals surface area (Å²) >= 11 is 1.55. The number of benzene rings is 2. The van der Waals surface area contributed by atoms with Gasteiger partial charge in [-0.3, -0.25) is 9.20 Å². The number of rotatable bonds is 7. The molecule has 2 heterocycles. The number of thioether (sulfide) groups is 1. The highest BCUT2D eigenvalue weighted by atomic mass is 32.2. The molecule has 0 saturated heterocycles. The van der Waals surface area contributed by atoms with Gasteiger partial charge in [0.15, 0.2) is 5.16 Å². The molecule has 0 fully saturated rings. The molecule has 0 bridgehead atoms. The van der Waals surface area contributed by atoms with Gasteiger partial charge in [-0.1, -0.05) is 30.0 Å². The SMILES string of the molecule is COc1ccc(C)cc1-n1c(=O)c2ccccc2n2c(SCCOC(C)C)nnc12. The zero-order valence-corrected chi connectivity index (χ0v) is 18.3. The van der Waals surface area contributed by atoms with Gasteiger partial charge in [0.1, 0.15) is 5.75 Å². The fourth-order valence-corrected chi connectivity index (χ4v) is 4.15. The predicted octanol–water partition coefficient (Wildman–Crippen LogP) is 3.87. The Bertz CT molecular complexity index is 1260. The van der Waals surface area contributed by atoms with Crippen LogP contribution in [-0.2, 0) is 4.74 Å². The lowest BCUT2D eigenvalue weighted by molar-refractivity contribution is 0.0920. The van der Waals surface area contributed by atoms with Crippen LogP contribution >= 0.6 is 11.8 Å². The first-order chi connectivity index (χ1) is 14.5. The topological polar surface area (TPSA) is 70.7 Å². The van der Waals surface area contributed by atoms with E-state index in [2.05, 4.69) is 10.2 Å². The van der Waals surface area contributed by atoms with E-state index in [1.807, 2.05) is 67.6 Å². The summed E-state index contributed by atoms with van der Waals surface area (Å²) in [6, 6.07) is 13.2. The van der Waals surface area contributed by atoms with Crippen LogP contribution in [0.25, 0.3) is 22.4 Å². The maximum absolute atomic E-state index is 13.5. The molecule has 156 valence electrons. The molecule has 0 radical (unpaired) electrons. The molecule has 2 aromatic carbocycles. The van der Waals surface area contributed by atoms with Gasteiger partial charge in [-0.2, -0.15) is 0 Å². The van der Waals surface area contributed by atoms with Crippen LogP contribution in [0, 0.1) is 6.92 Å². The van der Waals surface area contributed by atoms with Gasteiger partial charge in [0.25, 0.3) is 5.56 Å². The summed E-state index contributed by atoms with van der Waals surface area (Å²) < 4.78 is 14.7. The van der Waals surface area contributed by atoms with Gasteiger partial charge in [-0.05, 0) is 50.6 Å². The highest BCUT2D eigenvalue weighted by molar-refractivity contribution is 7.99. The van der Waals surface area contributed by atoms with Gasteiger partial charge in [-0.25, -0.2) is 4.57 Å². The summed E-state index contributed by atoms with van der Waals surface area (Å²) in [5, 5.41) is 10.1. The molecule has 30 heavy (non-hydrogen) atoms.